The molecule has 0 aliphatic heterocycles. The summed E-state index contributed by atoms with van der Waals surface area (Å²) in [7, 11) is 0. The van der Waals surface area contributed by atoms with E-state index < -0.39 is 4.92 Å². The first-order valence-electron chi connectivity index (χ1n) is 6.38. The molecule has 0 aromatic heterocycles. The summed E-state index contributed by atoms with van der Waals surface area (Å²) in [6.45, 7) is 0. The van der Waals surface area contributed by atoms with Gasteiger partial charge >= 0.3 is 0 Å². The summed E-state index contributed by atoms with van der Waals surface area (Å²) >= 11 is 0. The monoisotopic (exact) mass is 260 g/mol. The molecule has 0 radical (unpaired) electrons. The predicted molar refractivity (Wildman–Crippen MR) is 72.5 cm³/mol. The van der Waals surface area contributed by atoms with E-state index in [1.165, 1.54) is 31.1 Å². The van der Waals surface area contributed by atoms with Crippen LogP contribution in [-0.4, -0.2) is 16.9 Å². The molecule has 1 amide bonds. The third kappa shape index (κ3) is 3.91. The van der Waals surface area contributed by atoms with Crippen molar-refractivity contribution < 1.29 is 9.72 Å². The molecule has 0 unspecified atom stereocenters. The number of nitrogens with zero attached hydrogens (tertiary/aromatic N) is 1. The number of hydrogen-bond donors (Lipinski definition) is 1. The van der Waals surface area contributed by atoms with E-state index in [0.29, 0.717) is 6.04 Å². The van der Waals surface area contributed by atoms with E-state index in [9.17, 15) is 14.9 Å². The number of amides is 1. The molecule has 5 heteroatoms. The van der Waals surface area contributed by atoms with Gasteiger partial charge in [-0.2, -0.15) is 0 Å². The maximum atomic E-state index is 11.6. The van der Waals surface area contributed by atoms with Crippen molar-refractivity contribution in [2.45, 2.75) is 31.7 Å². The lowest BCUT2D eigenvalue weighted by atomic mass is 10.2. The van der Waals surface area contributed by atoms with Crippen molar-refractivity contribution in [1.29, 1.82) is 0 Å². The topological polar surface area (TPSA) is 72.2 Å². The Morgan fingerprint density at radius 3 is 2.47 bits per heavy atom. The highest BCUT2D eigenvalue weighted by Crippen LogP contribution is 2.17. The lowest BCUT2D eigenvalue weighted by Crippen LogP contribution is -2.30. The number of nitrogens with one attached hydrogen (secondary N) is 1. The van der Waals surface area contributed by atoms with E-state index in [4.69, 9.17) is 0 Å². The first kappa shape index (κ1) is 13.3. The SMILES string of the molecule is O=C(/C=C/c1ccc([N+](=O)[O-])cc1)NC1CCCC1. The fraction of sp³-hybridized carbons (Fsp3) is 0.357. The van der Waals surface area contributed by atoms with Gasteiger partial charge in [-0.15, -0.1) is 0 Å². The highest BCUT2D eigenvalue weighted by molar-refractivity contribution is 5.91. The van der Waals surface area contributed by atoms with Crippen LogP contribution in [-0.2, 0) is 4.79 Å². The maximum Gasteiger partial charge on any atom is 0.269 e. The number of non-ortho nitro benzene ring substituents is 1. The number of carbonyl (C=O) groups is 1. The van der Waals surface area contributed by atoms with E-state index in [-0.39, 0.29) is 11.6 Å². The fourth-order valence-electron chi connectivity index (χ4n) is 2.20. The normalized spacial score (nSPS) is 15.8. The highest BCUT2D eigenvalue weighted by atomic mass is 16.6. The molecule has 0 heterocycles. The Morgan fingerprint density at radius 1 is 1.26 bits per heavy atom. The van der Waals surface area contributed by atoms with Crippen molar-refractivity contribution in [2.75, 3.05) is 0 Å². The van der Waals surface area contributed by atoms with Crippen LogP contribution in [0.25, 0.3) is 6.08 Å². The minimum absolute atomic E-state index is 0.0487. The Labute approximate surface area is 111 Å². The quantitative estimate of drug-likeness (QED) is 0.514. The minimum atomic E-state index is -0.444. The van der Waals surface area contributed by atoms with Gasteiger partial charge in [0.25, 0.3) is 5.69 Å². The molecule has 1 saturated carbocycles. The van der Waals surface area contributed by atoms with Crippen LogP contribution in [0, 0.1) is 10.1 Å². The van der Waals surface area contributed by atoms with Crippen LogP contribution in [0.3, 0.4) is 0 Å². The molecule has 0 atom stereocenters. The second-order valence-electron chi connectivity index (χ2n) is 4.67. The lowest BCUT2D eigenvalue weighted by molar-refractivity contribution is -0.384. The molecule has 5 nitrogen and oxygen atoms in total. The molecule has 100 valence electrons. The van der Waals surface area contributed by atoms with Crippen molar-refractivity contribution >= 4 is 17.7 Å². The van der Waals surface area contributed by atoms with Crippen molar-refractivity contribution in [1.82, 2.24) is 5.32 Å². The lowest BCUT2D eigenvalue weighted by Gasteiger charge is -2.08. The Bertz CT molecular complexity index is 488. The smallest absolute Gasteiger partial charge is 0.269 e. The molecular weight excluding hydrogens is 244 g/mol. The predicted octanol–water partition coefficient (Wildman–Crippen LogP) is 2.67. The van der Waals surface area contributed by atoms with Crippen LogP contribution in [0.2, 0.25) is 0 Å². The zero-order valence-electron chi connectivity index (χ0n) is 10.5. The number of nitro benzene ring substituents is 1. The van der Waals surface area contributed by atoms with Crippen molar-refractivity contribution in [3.05, 3.63) is 46.0 Å². The summed E-state index contributed by atoms with van der Waals surface area (Å²) in [5.74, 6) is -0.106. The molecule has 1 fully saturated rings. The van der Waals surface area contributed by atoms with Crippen LogP contribution in [0.15, 0.2) is 30.3 Å². The Balaban J connectivity index is 1.90. The average Bonchev–Trinajstić information content (AvgIpc) is 2.89. The average molecular weight is 260 g/mol. The van der Waals surface area contributed by atoms with Gasteiger partial charge in [0.15, 0.2) is 0 Å². The Kier molecular flexibility index (Phi) is 4.28. The molecule has 1 N–H and O–H groups in total. The molecule has 0 saturated heterocycles. The van der Waals surface area contributed by atoms with Crippen LogP contribution < -0.4 is 5.32 Å². The molecular formula is C14H16N2O3. The van der Waals surface area contributed by atoms with Gasteiger partial charge < -0.3 is 5.32 Å². The van der Waals surface area contributed by atoms with Crippen LogP contribution >= 0.6 is 0 Å². The van der Waals surface area contributed by atoms with Crippen molar-refractivity contribution in [2.24, 2.45) is 0 Å². The van der Waals surface area contributed by atoms with Crippen LogP contribution in [0.4, 0.5) is 5.69 Å². The van der Waals surface area contributed by atoms with Gasteiger partial charge in [0.1, 0.15) is 0 Å². The summed E-state index contributed by atoms with van der Waals surface area (Å²) < 4.78 is 0. The summed E-state index contributed by atoms with van der Waals surface area (Å²) in [5, 5.41) is 13.4. The number of nitro groups is 1. The second kappa shape index (κ2) is 6.13. The summed E-state index contributed by atoms with van der Waals surface area (Å²) in [4.78, 5) is 21.7. The summed E-state index contributed by atoms with van der Waals surface area (Å²) in [6, 6.07) is 6.40. The first-order valence-corrected chi connectivity index (χ1v) is 6.38. The van der Waals surface area contributed by atoms with Crippen molar-refractivity contribution in [3.8, 4) is 0 Å². The van der Waals surface area contributed by atoms with E-state index in [1.54, 1.807) is 18.2 Å². The molecule has 2 rings (SSSR count). The molecule has 1 aliphatic carbocycles. The third-order valence-corrected chi connectivity index (χ3v) is 3.23. The standard InChI is InChI=1S/C14H16N2O3/c17-14(15-12-3-1-2-4-12)10-7-11-5-8-13(9-6-11)16(18)19/h5-10,12H,1-4H2,(H,15,17)/b10-7+. The van der Waals surface area contributed by atoms with Gasteiger partial charge in [-0.05, 0) is 36.6 Å². The van der Waals surface area contributed by atoms with Gasteiger partial charge in [0.2, 0.25) is 5.91 Å². The second-order valence-corrected chi connectivity index (χ2v) is 4.67. The van der Waals surface area contributed by atoms with E-state index >= 15 is 0 Å². The molecule has 0 spiro atoms. The number of carbonyl (C=O) groups excluding carboxylic acids is 1. The molecule has 19 heavy (non-hydrogen) atoms. The minimum Gasteiger partial charge on any atom is -0.350 e. The number of rotatable bonds is 4. The van der Waals surface area contributed by atoms with Crippen LogP contribution in [0.5, 0.6) is 0 Å². The highest BCUT2D eigenvalue weighted by Gasteiger charge is 2.15. The summed E-state index contributed by atoms with van der Waals surface area (Å²) in [5.41, 5.74) is 0.819. The van der Waals surface area contributed by atoms with E-state index in [0.717, 1.165) is 18.4 Å². The zero-order chi connectivity index (χ0) is 13.7. The van der Waals surface area contributed by atoms with Gasteiger partial charge in [-0.1, -0.05) is 12.8 Å². The Morgan fingerprint density at radius 2 is 1.89 bits per heavy atom. The van der Waals surface area contributed by atoms with Gasteiger partial charge in [-0.3, -0.25) is 14.9 Å². The first-order chi connectivity index (χ1) is 9.15. The molecule has 0 bridgehead atoms. The molecule has 1 aromatic rings. The molecule has 1 aromatic carbocycles. The van der Waals surface area contributed by atoms with Gasteiger partial charge in [-0.25, -0.2) is 0 Å². The number of benzene rings is 1. The number of hydrogen-bond acceptors (Lipinski definition) is 3. The van der Waals surface area contributed by atoms with Gasteiger partial charge in [0.05, 0.1) is 4.92 Å². The fourth-order valence-corrected chi connectivity index (χ4v) is 2.20. The van der Waals surface area contributed by atoms with E-state index in [1.807, 2.05) is 0 Å². The maximum absolute atomic E-state index is 11.6. The van der Waals surface area contributed by atoms with E-state index in [2.05, 4.69) is 5.32 Å². The largest absolute Gasteiger partial charge is 0.350 e. The third-order valence-electron chi connectivity index (χ3n) is 3.23. The molecule has 1 aliphatic rings. The summed E-state index contributed by atoms with van der Waals surface area (Å²) in [6.07, 6.45) is 7.59. The van der Waals surface area contributed by atoms with Gasteiger partial charge in [0, 0.05) is 24.3 Å². The van der Waals surface area contributed by atoms with Crippen molar-refractivity contribution in [3.63, 3.8) is 0 Å². The zero-order valence-corrected chi connectivity index (χ0v) is 10.5. The Hall–Kier alpha value is -2.17. The van der Waals surface area contributed by atoms with Crippen LogP contribution in [0.1, 0.15) is 31.2 Å².